The van der Waals surface area contributed by atoms with Crippen molar-refractivity contribution >= 4 is 45.2 Å². The van der Waals surface area contributed by atoms with Gasteiger partial charge in [-0.25, -0.2) is 9.37 Å². The van der Waals surface area contributed by atoms with Crippen LogP contribution >= 0.6 is 34.2 Å². The molecule has 0 spiro atoms. The molecule has 0 unspecified atom stereocenters. The Morgan fingerprint density at radius 2 is 2.29 bits per heavy atom. The number of halogens is 3. The second-order valence-electron chi connectivity index (χ2n) is 2.98. The zero-order valence-electron chi connectivity index (χ0n) is 7.39. The van der Waals surface area contributed by atoms with Crippen LogP contribution in [0.15, 0.2) is 12.1 Å². The van der Waals surface area contributed by atoms with E-state index in [-0.39, 0.29) is 5.82 Å². The van der Waals surface area contributed by atoms with E-state index < -0.39 is 0 Å². The summed E-state index contributed by atoms with van der Waals surface area (Å²) in [5.74, 6) is 0.869. The van der Waals surface area contributed by atoms with Gasteiger partial charge in [0.25, 0.3) is 0 Å². The molecule has 0 fully saturated rings. The van der Waals surface area contributed by atoms with Crippen LogP contribution in [0.1, 0.15) is 5.82 Å². The smallest absolute Gasteiger partial charge is 0.138 e. The molecule has 0 aliphatic rings. The molecule has 0 saturated carbocycles. The van der Waals surface area contributed by atoms with Crippen molar-refractivity contribution < 1.29 is 4.39 Å². The number of hydrogen-bond acceptors (Lipinski definition) is 1. The predicted molar refractivity (Wildman–Crippen MR) is 62.9 cm³/mol. The van der Waals surface area contributed by atoms with Crippen LogP contribution in [0.2, 0.25) is 0 Å². The third kappa shape index (κ3) is 1.50. The fraction of sp³-hybridized carbons (Fsp3) is 0.222. The minimum Gasteiger partial charge on any atom is -0.330 e. The summed E-state index contributed by atoms with van der Waals surface area (Å²) in [6.45, 7) is 0. The number of imidazole rings is 1. The van der Waals surface area contributed by atoms with Gasteiger partial charge in [-0.15, -0.1) is 11.6 Å². The SMILES string of the molecule is Cn1c(CCl)nc2cc(I)c(F)cc21. The van der Waals surface area contributed by atoms with Crippen molar-refractivity contribution in [2.24, 2.45) is 7.05 Å². The lowest BCUT2D eigenvalue weighted by atomic mass is 10.3. The van der Waals surface area contributed by atoms with Gasteiger partial charge in [0.15, 0.2) is 0 Å². The first-order valence-electron chi connectivity index (χ1n) is 4.00. The van der Waals surface area contributed by atoms with E-state index in [1.807, 2.05) is 34.2 Å². The zero-order valence-corrected chi connectivity index (χ0v) is 10.3. The van der Waals surface area contributed by atoms with E-state index in [4.69, 9.17) is 11.6 Å². The van der Waals surface area contributed by atoms with Gasteiger partial charge in [0.05, 0.1) is 20.5 Å². The van der Waals surface area contributed by atoms with Crippen LogP contribution in [-0.4, -0.2) is 9.55 Å². The van der Waals surface area contributed by atoms with E-state index >= 15 is 0 Å². The lowest BCUT2D eigenvalue weighted by Gasteiger charge is -1.98. The van der Waals surface area contributed by atoms with E-state index in [2.05, 4.69) is 4.98 Å². The quantitative estimate of drug-likeness (QED) is 0.582. The molecule has 1 heterocycles. The number of rotatable bonds is 1. The molecule has 0 aliphatic carbocycles. The lowest BCUT2D eigenvalue weighted by molar-refractivity contribution is 0.621. The summed E-state index contributed by atoms with van der Waals surface area (Å²) in [5, 5.41) is 0. The molecular formula is C9H7ClFIN2. The Kier molecular flexibility index (Phi) is 2.66. The largest absolute Gasteiger partial charge is 0.330 e. The molecule has 0 aliphatic heterocycles. The van der Waals surface area contributed by atoms with Gasteiger partial charge in [0, 0.05) is 13.1 Å². The van der Waals surface area contributed by atoms with Gasteiger partial charge >= 0.3 is 0 Å². The van der Waals surface area contributed by atoms with E-state index in [1.165, 1.54) is 6.07 Å². The second-order valence-corrected chi connectivity index (χ2v) is 4.41. The van der Waals surface area contributed by atoms with Gasteiger partial charge in [0.1, 0.15) is 11.6 Å². The van der Waals surface area contributed by atoms with Crippen LogP contribution in [0.25, 0.3) is 11.0 Å². The molecule has 2 rings (SSSR count). The third-order valence-corrected chi connectivity index (χ3v) is 3.20. The standard InChI is InChI=1S/C9H7ClFIN2/c1-14-8-2-5(11)6(12)3-7(8)13-9(14)4-10/h2-3H,4H2,1H3. The van der Waals surface area contributed by atoms with E-state index in [9.17, 15) is 4.39 Å². The highest BCUT2D eigenvalue weighted by Crippen LogP contribution is 2.21. The first-order chi connectivity index (χ1) is 6.63. The minimum atomic E-state index is -0.220. The molecule has 0 bridgehead atoms. The van der Waals surface area contributed by atoms with Crippen molar-refractivity contribution in [3.63, 3.8) is 0 Å². The number of benzene rings is 1. The molecule has 1 aromatic carbocycles. The van der Waals surface area contributed by atoms with Crippen molar-refractivity contribution in [2.45, 2.75) is 5.88 Å². The van der Waals surface area contributed by atoms with Gasteiger partial charge in [-0.05, 0) is 28.7 Å². The Balaban J connectivity index is 2.80. The van der Waals surface area contributed by atoms with Crippen LogP contribution in [-0.2, 0) is 12.9 Å². The van der Waals surface area contributed by atoms with Crippen molar-refractivity contribution in [3.8, 4) is 0 Å². The summed E-state index contributed by atoms with van der Waals surface area (Å²) in [4.78, 5) is 4.29. The van der Waals surface area contributed by atoms with Gasteiger partial charge in [-0.1, -0.05) is 0 Å². The van der Waals surface area contributed by atoms with E-state index in [0.717, 1.165) is 16.9 Å². The maximum atomic E-state index is 13.3. The molecule has 0 N–H and O–H groups in total. The van der Waals surface area contributed by atoms with Gasteiger partial charge < -0.3 is 4.57 Å². The zero-order chi connectivity index (χ0) is 10.3. The molecule has 14 heavy (non-hydrogen) atoms. The van der Waals surface area contributed by atoms with Gasteiger partial charge in [-0.3, -0.25) is 0 Å². The average Bonchev–Trinajstić information content (AvgIpc) is 2.45. The van der Waals surface area contributed by atoms with Crippen LogP contribution in [0.3, 0.4) is 0 Å². The average molecular weight is 325 g/mol. The Morgan fingerprint density at radius 1 is 1.57 bits per heavy atom. The predicted octanol–water partition coefficient (Wildman–Crippen LogP) is 3.06. The lowest BCUT2D eigenvalue weighted by Crippen LogP contribution is -1.94. The third-order valence-electron chi connectivity index (χ3n) is 2.14. The molecule has 1 aromatic heterocycles. The molecule has 5 heteroatoms. The van der Waals surface area contributed by atoms with Crippen LogP contribution in [0, 0.1) is 9.39 Å². The van der Waals surface area contributed by atoms with Crippen LogP contribution in [0.4, 0.5) is 4.39 Å². The number of aromatic nitrogens is 2. The molecule has 0 saturated heterocycles. The highest BCUT2D eigenvalue weighted by molar-refractivity contribution is 14.1. The highest BCUT2D eigenvalue weighted by atomic mass is 127. The van der Waals surface area contributed by atoms with Crippen LogP contribution < -0.4 is 0 Å². The van der Waals surface area contributed by atoms with E-state index in [1.54, 1.807) is 6.07 Å². The normalized spacial score (nSPS) is 11.1. The number of fused-ring (bicyclic) bond motifs is 1. The fourth-order valence-electron chi connectivity index (χ4n) is 1.36. The summed E-state index contributed by atoms with van der Waals surface area (Å²) < 4.78 is 15.6. The summed E-state index contributed by atoms with van der Waals surface area (Å²) in [6.07, 6.45) is 0. The number of aryl methyl sites for hydroxylation is 1. The first-order valence-corrected chi connectivity index (χ1v) is 5.61. The molecular weight excluding hydrogens is 317 g/mol. The maximum absolute atomic E-state index is 13.3. The first kappa shape index (κ1) is 10.2. The summed E-state index contributed by atoms with van der Waals surface area (Å²) in [7, 11) is 1.83. The molecule has 0 radical (unpaired) electrons. The summed E-state index contributed by atoms with van der Waals surface area (Å²) in [5.41, 5.74) is 1.56. The second kappa shape index (κ2) is 3.66. The monoisotopic (exact) mass is 324 g/mol. The Morgan fingerprint density at radius 3 is 2.93 bits per heavy atom. The van der Waals surface area contributed by atoms with Crippen molar-refractivity contribution in [1.82, 2.24) is 9.55 Å². The number of hydrogen-bond donors (Lipinski definition) is 0. The minimum absolute atomic E-state index is 0.220. The highest BCUT2D eigenvalue weighted by Gasteiger charge is 2.09. The Labute approximate surface area is 99.2 Å². The van der Waals surface area contributed by atoms with E-state index in [0.29, 0.717) is 9.45 Å². The van der Waals surface area contributed by atoms with Gasteiger partial charge in [-0.2, -0.15) is 0 Å². The topological polar surface area (TPSA) is 17.8 Å². The maximum Gasteiger partial charge on any atom is 0.138 e. The van der Waals surface area contributed by atoms with Crippen LogP contribution in [0.5, 0.6) is 0 Å². The summed E-state index contributed by atoms with van der Waals surface area (Å²) >= 11 is 7.65. The molecule has 74 valence electrons. The Bertz CT molecular complexity index is 495. The Hall–Kier alpha value is -0.360. The van der Waals surface area contributed by atoms with Gasteiger partial charge in [0.2, 0.25) is 0 Å². The molecule has 0 amide bonds. The molecule has 2 nitrogen and oxygen atoms in total. The van der Waals surface area contributed by atoms with Crippen molar-refractivity contribution in [2.75, 3.05) is 0 Å². The molecule has 2 aromatic rings. The number of nitrogens with zero attached hydrogens (tertiary/aromatic N) is 2. The van der Waals surface area contributed by atoms with Crippen molar-refractivity contribution in [3.05, 3.63) is 27.3 Å². The number of alkyl halides is 1. The van der Waals surface area contributed by atoms with Crippen molar-refractivity contribution in [1.29, 1.82) is 0 Å². The molecule has 0 atom stereocenters. The fourth-order valence-corrected chi connectivity index (χ4v) is 2.05. The summed E-state index contributed by atoms with van der Waals surface area (Å²) in [6, 6.07) is 3.21.